The molecule has 0 amide bonds. The molecule has 0 aromatic heterocycles. The fourth-order valence-corrected chi connectivity index (χ4v) is 3.93. The van der Waals surface area contributed by atoms with E-state index in [1.54, 1.807) is 0 Å². The van der Waals surface area contributed by atoms with Gasteiger partial charge in [-0.05, 0) is 54.5 Å². The summed E-state index contributed by atoms with van der Waals surface area (Å²) in [5.41, 5.74) is 4.74. The first-order valence-corrected chi connectivity index (χ1v) is 8.06. The van der Waals surface area contributed by atoms with E-state index in [0.717, 1.165) is 17.5 Å². The van der Waals surface area contributed by atoms with E-state index in [-0.39, 0.29) is 5.38 Å². The summed E-state index contributed by atoms with van der Waals surface area (Å²) in [6.07, 6.45) is 4.86. The van der Waals surface area contributed by atoms with Crippen molar-refractivity contribution in [3.63, 3.8) is 0 Å². The van der Waals surface area contributed by atoms with E-state index >= 15 is 0 Å². The average molecular weight is 326 g/mol. The van der Waals surface area contributed by atoms with Gasteiger partial charge >= 0.3 is 0 Å². The summed E-state index contributed by atoms with van der Waals surface area (Å²) in [6.45, 7) is 0. The van der Waals surface area contributed by atoms with Crippen molar-refractivity contribution in [3.05, 3.63) is 68.7 Å². The van der Waals surface area contributed by atoms with E-state index in [9.17, 15) is 0 Å². The molecule has 3 rings (SSSR count). The quantitative estimate of drug-likeness (QED) is 0.577. The van der Waals surface area contributed by atoms with Crippen LogP contribution in [0.3, 0.4) is 0 Å². The lowest BCUT2D eigenvalue weighted by Gasteiger charge is -2.19. The van der Waals surface area contributed by atoms with Crippen LogP contribution in [0.15, 0.2) is 36.4 Å². The average Bonchev–Trinajstić information content (AvgIpc) is 2.46. The highest BCUT2D eigenvalue weighted by atomic mass is 35.5. The summed E-state index contributed by atoms with van der Waals surface area (Å²) >= 11 is 19.1. The Morgan fingerprint density at radius 1 is 0.850 bits per heavy atom. The Morgan fingerprint density at radius 2 is 1.50 bits per heavy atom. The number of benzene rings is 2. The molecule has 0 bridgehead atoms. The molecule has 0 spiro atoms. The molecule has 1 aliphatic carbocycles. The number of halogens is 3. The van der Waals surface area contributed by atoms with Gasteiger partial charge in [-0.2, -0.15) is 0 Å². The molecule has 3 heteroatoms. The number of hydrogen-bond donors (Lipinski definition) is 0. The maximum Gasteiger partial charge on any atom is 0.0864 e. The predicted molar refractivity (Wildman–Crippen MR) is 87.2 cm³/mol. The van der Waals surface area contributed by atoms with Crippen molar-refractivity contribution in [2.45, 2.75) is 31.1 Å². The van der Waals surface area contributed by atoms with Gasteiger partial charge in [0.1, 0.15) is 0 Å². The Labute approximate surface area is 134 Å². The zero-order valence-corrected chi connectivity index (χ0v) is 13.3. The van der Waals surface area contributed by atoms with Gasteiger partial charge in [0, 0.05) is 15.6 Å². The second kappa shape index (κ2) is 5.97. The van der Waals surface area contributed by atoms with E-state index in [2.05, 4.69) is 18.2 Å². The van der Waals surface area contributed by atoms with Crippen LogP contribution in [0.2, 0.25) is 10.0 Å². The van der Waals surface area contributed by atoms with Crippen LogP contribution in [0.1, 0.15) is 40.5 Å². The summed E-state index contributed by atoms with van der Waals surface area (Å²) in [4.78, 5) is 0. The highest BCUT2D eigenvalue weighted by Crippen LogP contribution is 2.39. The van der Waals surface area contributed by atoms with E-state index in [4.69, 9.17) is 34.8 Å². The summed E-state index contributed by atoms with van der Waals surface area (Å²) in [5, 5.41) is 0.939. The van der Waals surface area contributed by atoms with Crippen LogP contribution in [0.4, 0.5) is 0 Å². The normalized spacial score (nSPS) is 15.8. The summed E-state index contributed by atoms with van der Waals surface area (Å²) in [5.74, 6) is 0. The second-order valence-electron chi connectivity index (χ2n) is 5.23. The van der Waals surface area contributed by atoms with Gasteiger partial charge in [0.2, 0.25) is 0 Å². The molecule has 20 heavy (non-hydrogen) atoms. The highest BCUT2D eigenvalue weighted by Gasteiger charge is 2.19. The molecular formula is C17H15Cl3. The van der Waals surface area contributed by atoms with Crippen LogP contribution in [-0.2, 0) is 12.8 Å². The van der Waals surface area contributed by atoms with Crippen LogP contribution < -0.4 is 0 Å². The van der Waals surface area contributed by atoms with Gasteiger partial charge in [-0.1, -0.05) is 47.5 Å². The molecule has 0 saturated heterocycles. The van der Waals surface area contributed by atoms with E-state index in [1.807, 2.05) is 18.2 Å². The Hall–Kier alpha value is -0.690. The first-order valence-electron chi connectivity index (χ1n) is 6.86. The van der Waals surface area contributed by atoms with Crippen LogP contribution in [0.5, 0.6) is 0 Å². The van der Waals surface area contributed by atoms with Gasteiger partial charge in [0.05, 0.1) is 5.38 Å². The lowest BCUT2D eigenvalue weighted by atomic mass is 9.89. The molecule has 104 valence electrons. The smallest absolute Gasteiger partial charge is 0.0864 e. The number of hydrogen-bond acceptors (Lipinski definition) is 0. The van der Waals surface area contributed by atoms with Crippen molar-refractivity contribution in [2.24, 2.45) is 0 Å². The second-order valence-corrected chi connectivity index (χ2v) is 6.48. The Balaban J connectivity index is 2.00. The Bertz CT molecular complexity index is 614. The fourth-order valence-electron chi connectivity index (χ4n) is 2.83. The molecule has 0 heterocycles. The van der Waals surface area contributed by atoms with Gasteiger partial charge in [-0.15, -0.1) is 11.6 Å². The molecule has 0 aliphatic heterocycles. The molecule has 0 fully saturated rings. The predicted octanol–water partition coefficient (Wildman–Crippen LogP) is 6.20. The standard InChI is InChI=1S/C17H15Cl3/c18-14-6-3-7-15(19)16(14)17(20)13-9-8-11-4-1-2-5-12(11)10-13/h3,6-10,17H,1-2,4-5H2. The van der Waals surface area contributed by atoms with Gasteiger partial charge in [0.25, 0.3) is 0 Å². The molecule has 0 N–H and O–H groups in total. The molecule has 1 atom stereocenters. The van der Waals surface area contributed by atoms with Crippen molar-refractivity contribution in [1.29, 1.82) is 0 Å². The number of rotatable bonds is 2. The van der Waals surface area contributed by atoms with E-state index < -0.39 is 0 Å². The first-order chi connectivity index (χ1) is 9.66. The third kappa shape index (κ3) is 2.70. The maximum atomic E-state index is 6.62. The van der Waals surface area contributed by atoms with Crippen LogP contribution >= 0.6 is 34.8 Å². The third-order valence-electron chi connectivity index (χ3n) is 3.92. The van der Waals surface area contributed by atoms with Crippen LogP contribution in [0, 0.1) is 0 Å². The van der Waals surface area contributed by atoms with Crippen LogP contribution in [-0.4, -0.2) is 0 Å². The SMILES string of the molecule is Clc1cccc(Cl)c1C(Cl)c1ccc2c(c1)CCCC2. The summed E-state index contributed by atoms with van der Waals surface area (Å²) in [6, 6.07) is 12.0. The highest BCUT2D eigenvalue weighted by molar-refractivity contribution is 6.38. The lowest BCUT2D eigenvalue weighted by Crippen LogP contribution is -2.04. The third-order valence-corrected chi connectivity index (χ3v) is 5.05. The van der Waals surface area contributed by atoms with E-state index in [1.165, 1.54) is 30.4 Å². The van der Waals surface area contributed by atoms with E-state index in [0.29, 0.717) is 10.0 Å². The van der Waals surface area contributed by atoms with Crippen molar-refractivity contribution in [1.82, 2.24) is 0 Å². The fraction of sp³-hybridized carbons (Fsp3) is 0.294. The molecule has 2 aromatic carbocycles. The minimum atomic E-state index is -0.302. The number of fused-ring (bicyclic) bond motifs is 1. The topological polar surface area (TPSA) is 0 Å². The molecule has 0 nitrogen and oxygen atoms in total. The minimum Gasteiger partial charge on any atom is -0.112 e. The molecule has 0 saturated carbocycles. The molecular weight excluding hydrogens is 311 g/mol. The number of aryl methyl sites for hydroxylation is 2. The molecule has 1 unspecified atom stereocenters. The van der Waals surface area contributed by atoms with Crippen LogP contribution in [0.25, 0.3) is 0 Å². The summed E-state index contributed by atoms with van der Waals surface area (Å²) in [7, 11) is 0. The van der Waals surface area contributed by atoms with Crippen molar-refractivity contribution in [2.75, 3.05) is 0 Å². The largest absolute Gasteiger partial charge is 0.112 e. The van der Waals surface area contributed by atoms with Gasteiger partial charge < -0.3 is 0 Å². The molecule has 1 aliphatic rings. The van der Waals surface area contributed by atoms with Crippen molar-refractivity contribution < 1.29 is 0 Å². The lowest BCUT2D eigenvalue weighted by molar-refractivity contribution is 0.684. The van der Waals surface area contributed by atoms with Gasteiger partial charge in [0.15, 0.2) is 0 Å². The zero-order chi connectivity index (χ0) is 14.1. The zero-order valence-electron chi connectivity index (χ0n) is 11.0. The van der Waals surface area contributed by atoms with Gasteiger partial charge in [-0.25, -0.2) is 0 Å². The Morgan fingerprint density at radius 3 is 2.20 bits per heavy atom. The molecule has 2 aromatic rings. The maximum absolute atomic E-state index is 6.62. The summed E-state index contributed by atoms with van der Waals surface area (Å²) < 4.78 is 0. The number of alkyl halides is 1. The molecule has 0 radical (unpaired) electrons. The van der Waals surface area contributed by atoms with Crippen molar-refractivity contribution in [3.8, 4) is 0 Å². The minimum absolute atomic E-state index is 0.302. The van der Waals surface area contributed by atoms with Gasteiger partial charge in [-0.3, -0.25) is 0 Å². The Kier molecular flexibility index (Phi) is 4.26. The first kappa shape index (κ1) is 14.3. The van der Waals surface area contributed by atoms with Crippen molar-refractivity contribution >= 4 is 34.8 Å². The monoisotopic (exact) mass is 324 g/mol.